The molecule has 7 nitrogen and oxygen atoms in total. The maximum atomic E-state index is 11.8. The summed E-state index contributed by atoms with van der Waals surface area (Å²) in [5.41, 5.74) is 0. The molecule has 0 aliphatic rings. The highest BCUT2D eigenvalue weighted by Gasteiger charge is 2.09. The van der Waals surface area contributed by atoms with E-state index in [2.05, 4.69) is 29.5 Å². The van der Waals surface area contributed by atoms with Crippen molar-refractivity contribution < 1.29 is 14.3 Å². The zero-order chi connectivity index (χ0) is 19.5. The molecule has 0 radical (unpaired) electrons. The van der Waals surface area contributed by atoms with E-state index in [4.69, 9.17) is 9.47 Å². The molecular weight excluding hydrogens is 459 g/mol. The highest BCUT2D eigenvalue weighted by Crippen LogP contribution is 2.19. The SMILES string of the molecule is COc1cccc(OC(C)CNC(=NCC(=O)N(C)C)NCC(C)C)c1.I. The van der Waals surface area contributed by atoms with Gasteiger partial charge in [0.1, 0.15) is 24.1 Å². The molecule has 0 fully saturated rings. The van der Waals surface area contributed by atoms with E-state index in [9.17, 15) is 4.79 Å². The van der Waals surface area contributed by atoms with Gasteiger partial charge in [-0.3, -0.25) is 4.79 Å². The second-order valence-corrected chi connectivity index (χ2v) is 6.72. The summed E-state index contributed by atoms with van der Waals surface area (Å²) >= 11 is 0. The molecule has 1 aromatic rings. The van der Waals surface area contributed by atoms with Gasteiger partial charge in [-0.2, -0.15) is 0 Å². The van der Waals surface area contributed by atoms with Crippen LogP contribution in [-0.2, 0) is 4.79 Å². The first-order valence-electron chi connectivity index (χ1n) is 8.84. The number of carbonyl (C=O) groups is 1. The number of carbonyl (C=O) groups excluding carboxylic acids is 1. The van der Waals surface area contributed by atoms with Crippen molar-refractivity contribution in [3.05, 3.63) is 24.3 Å². The first-order chi connectivity index (χ1) is 12.3. The molecule has 1 atom stereocenters. The largest absolute Gasteiger partial charge is 0.497 e. The van der Waals surface area contributed by atoms with E-state index in [1.54, 1.807) is 21.2 Å². The Balaban J connectivity index is 0.00000676. The minimum atomic E-state index is -0.0855. The van der Waals surface area contributed by atoms with E-state index in [-0.39, 0.29) is 42.5 Å². The van der Waals surface area contributed by atoms with Crippen LogP contribution in [0.2, 0.25) is 0 Å². The fourth-order valence-corrected chi connectivity index (χ4v) is 1.95. The van der Waals surface area contributed by atoms with Crippen molar-refractivity contribution in [2.45, 2.75) is 26.9 Å². The number of guanidine groups is 1. The second kappa shape index (κ2) is 13.5. The van der Waals surface area contributed by atoms with Gasteiger partial charge in [0.15, 0.2) is 5.96 Å². The van der Waals surface area contributed by atoms with E-state index in [1.165, 1.54) is 4.90 Å². The molecule has 8 heteroatoms. The highest BCUT2D eigenvalue weighted by molar-refractivity contribution is 14.0. The van der Waals surface area contributed by atoms with Gasteiger partial charge in [0.25, 0.3) is 0 Å². The van der Waals surface area contributed by atoms with Crippen LogP contribution in [0.15, 0.2) is 29.3 Å². The van der Waals surface area contributed by atoms with Crippen LogP contribution in [-0.4, -0.2) is 63.7 Å². The molecule has 0 aromatic heterocycles. The molecule has 0 saturated carbocycles. The lowest BCUT2D eigenvalue weighted by Gasteiger charge is -2.19. The number of hydrogen-bond donors (Lipinski definition) is 2. The quantitative estimate of drug-likeness (QED) is 0.315. The van der Waals surface area contributed by atoms with Crippen LogP contribution in [0.5, 0.6) is 11.5 Å². The molecule has 0 bridgehead atoms. The zero-order valence-corrected chi connectivity index (χ0v) is 19.4. The molecule has 154 valence electrons. The number of nitrogens with one attached hydrogen (secondary N) is 2. The lowest BCUT2D eigenvalue weighted by atomic mass is 10.2. The van der Waals surface area contributed by atoms with Gasteiger partial charge in [-0.05, 0) is 25.0 Å². The van der Waals surface area contributed by atoms with Crippen molar-refractivity contribution >= 4 is 35.8 Å². The summed E-state index contributed by atoms with van der Waals surface area (Å²) in [5.74, 6) is 2.53. The Morgan fingerprint density at radius 2 is 1.78 bits per heavy atom. The van der Waals surface area contributed by atoms with Crippen LogP contribution in [0.4, 0.5) is 0 Å². The Kier molecular flexibility index (Phi) is 12.6. The maximum Gasteiger partial charge on any atom is 0.243 e. The van der Waals surface area contributed by atoms with Crippen molar-refractivity contribution in [1.82, 2.24) is 15.5 Å². The van der Waals surface area contributed by atoms with Crippen molar-refractivity contribution in [3.63, 3.8) is 0 Å². The number of aliphatic imine (C=N–C) groups is 1. The van der Waals surface area contributed by atoms with Gasteiger partial charge in [-0.15, -0.1) is 24.0 Å². The van der Waals surface area contributed by atoms with Crippen molar-refractivity contribution in [3.8, 4) is 11.5 Å². The third-order valence-electron chi connectivity index (χ3n) is 3.48. The fraction of sp³-hybridized carbons (Fsp3) is 0.579. The summed E-state index contributed by atoms with van der Waals surface area (Å²) in [6.45, 7) is 7.63. The Hall–Kier alpha value is -1.71. The minimum absolute atomic E-state index is 0. The molecular formula is C19H33IN4O3. The molecule has 1 unspecified atom stereocenters. The molecule has 1 amide bonds. The van der Waals surface area contributed by atoms with Crippen LogP contribution in [0, 0.1) is 5.92 Å². The summed E-state index contributed by atoms with van der Waals surface area (Å²) in [7, 11) is 5.06. The van der Waals surface area contributed by atoms with E-state index in [0.717, 1.165) is 18.0 Å². The highest BCUT2D eigenvalue weighted by atomic mass is 127. The van der Waals surface area contributed by atoms with Crippen molar-refractivity contribution in [1.29, 1.82) is 0 Å². The summed E-state index contributed by atoms with van der Waals surface area (Å²) in [6, 6.07) is 7.50. The van der Waals surface area contributed by atoms with Gasteiger partial charge in [-0.1, -0.05) is 19.9 Å². The van der Waals surface area contributed by atoms with Gasteiger partial charge < -0.3 is 25.0 Å². The summed E-state index contributed by atoms with van der Waals surface area (Å²) in [4.78, 5) is 17.6. The third-order valence-corrected chi connectivity index (χ3v) is 3.48. The summed E-state index contributed by atoms with van der Waals surface area (Å²) < 4.78 is 11.1. The van der Waals surface area contributed by atoms with Gasteiger partial charge in [0.05, 0.1) is 13.7 Å². The standard InChI is InChI=1S/C19H32N4O3.HI/c1-14(2)11-20-19(22-13-18(24)23(4)5)21-12-15(3)26-17-9-7-8-16(10-17)25-6;/h7-10,14-15H,11-13H2,1-6H3,(H2,20,21,22);1H. The van der Waals surface area contributed by atoms with Gasteiger partial charge in [-0.25, -0.2) is 4.99 Å². The minimum Gasteiger partial charge on any atom is -0.497 e. The molecule has 2 N–H and O–H groups in total. The second-order valence-electron chi connectivity index (χ2n) is 6.72. The molecule has 1 aromatic carbocycles. The van der Waals surface area contributed by atoms with Gasteiger partial charge in [0, 0.05) is 26.7 Å². The summed E-state index contributed by atoms with van der Waals surface area (Å²) in [6.07, 6.45) is -0.0855. The van der Waals surface area contributed by atoms with E-state index >= 15 is 0 Å². The van der Waals surface area contributed by atoms with E-state index in [0.29, 0.717) is 18.4 Å². The number of methoxy groups -OCH3 is 1. The molecule has 0 saturated heterocycles. The number of hydrogen-bond acceptors (Lipinski definition) is 4. The Morgan fingerprint density at radius 3 is 2.37 bits per heavy atom. The van der Waals surface area contributed by atoms with Crippen LogP contribution >= 0.6 is 24.0 Å². The first-order valence-corrected chi connectivity index (χ1v) is 8.84. The van der Waals surface area contributed by atoms with Crippen LogP contribution in [0.3, 0.4) is 0 Å². The molecule has 27 heavy (non-hydrogen) atoms. The molecule has 0 aliphatic heterocycles. The number of halogens is 1. The number of rotatable bonds is 9. The lowest BCUT2D eigenvalue weighted by Crippen LogP contribution is -2.43. The monoisotopic (exact) mass is 492 g/mol. The lowest BCUT2D eigenvalue weighted by molar-refractivity contribution is -0.127. The number of nitrogens with zero attached hydrogens (tertiary/aromatic N) is 2. The Bertz CT molecular complexity index is 594. The zero-order valence-electron chi connectivity index (χ0n) is 17.1. The van der Waals surface area contributed by atoms with Crippen LogP contribution in [0.25, 0.3) is 0 Å². The Morgan fingerprint density at radius 1 is 1.15 bits per heavy atom. The van der Waals surface area contributed by atoms with E-state index in [1.807, 2.05) is 31.2 Å². The van der Waals surface area contributed by atoms with E-state index < -0.39 is 0 Å². The number of likely N-dealkylation sites (N-methyl/N-ethyl adjacent to an activating group) is 1. The number of benzene rings is 1. The van der Waals surface area contributed by atoms with Crippen molar-refractivity contribution in [2.24, 2.45) is 10.9 Å². The maximum absolute atomic E-state index is 11.8. The topological polar surface area (TPSA) is 75.2 Å². The summed E-state index contributed by atoms with van der Waals surface area (Å²) in [5, 5.41) is 6.47. The van der Waals surface area contributed by atoms with Gasteiger partial charge in [0.2, 0.25) is 5.91 Å². The van der Waals surface area contributed by atoms with Gasteiger partial charge >= 0.3 is 0 Å². The van der Waals surface area contributed by atoms with Crippen LogP contribution in [0.1, 0.15) is 20.8 Å². The molecule has 0 heterocycles. The number of ether oxygens (including phenoxy) is 2. The normalized spacial score (nSPS) is 12.0. The smallest absolute Gasteiger partial charge is 0.243 e. The Labute approximate surface area is 179 Å². The fourth-order valence-electron chi connectivity index (χ4n) is 1.95. The average molecular weight is 492 g/mol. The molecule has 1 rings (SSSR count). The number of amides is 1. The van der Waals surface area contributed by atoms with Crippen LogP contribution < -0.4 is 20.1 Å². The molecule has 0 spiro atoms. The average Bonchev–Trinajstić information content (AvgIpc) is 2.60. The first kappa shape index (κ1) is 25.3. The predicted octanol–water partition coefficient (Wildman–Crippen LogP) is 2.36. The predicted molar refractivity (Wildman–Crippen MR) is 120 cm³/mol. The van der Waals surface area contributed by atoms with Crippen molar-refractivity contribution in [2.75, 3.05) is 40.8 Å². The molecule has 0 aliphatic carbocycles. The third kappa shape index (κ3) is 10.9.